The third-order valence-corrected chi connectivity index (χ3v) is 3.36. The SMILES string of the molecule is CC(=O)C[C@H](NC(=O)OC(C)(C)C)c1ccc2ccccc2c1. The molecule has 2 rings (SSSR count). The molecule has 0 bridgehead atoms. The van der Waals surface area contributed by atoms with E-state index in [2.05, 4.69) is 5.32 Å². The van der Waals surface area contributed by atoms with Gasteiger partial charge in [-0.1, -0.05) is 36.4 Å². The Morgan fingerprint density at radius 2 is 1.74 bits per heavy atom. The van der Waals surface area contributed by atoms with E-state index in [-0.39, 0.29) is 12.2 Å². The summed E-state index contributed by atoms with van der Waals surface area (Å²) in [6.45, 7) is 6.94. The van der Waals surface area contributed by atoms with Crippen LogP contribution in [0.3, 0.4) is 0 Å². The zero-order valence-corrected chi connectivity index (χ0v) is 14.1. The van der Waals surface area contributed by atoms with Gasteiger partial charge in [0.25, 0.3) is 0 Å². The molecular weight excluding hydrogens is 290 g/mol. The van der Waals surface area contributed by atoms with Crippen molar-refractivity contribution in [1.82, 2.24) is 5.32 Å². The zero-order chi connectivity index (χ0) is 17.0. The summed E-state index contributed by atoms with van der Waals surface area (Å²) >= 11 is 0. The Morgan fingerprint density at radius 3 is 2.35 bits per heavy atom. The highest BCUT2D eigenvalue weighted by Gasteiger charge is 2.21. The largest absolute Gasteiger partial charge is 0.444 e. The Labute approximate surface area is 136 Å². The number of ketones is 1. The number of hydrogen-bond donors (Lipinski definition) is 1. The Hall–Kier alpha value is -2.36. The first kappa shape index (κ1) is 17.0. The van der Waals surface area contributed by atoms with Crippen molar-refractivity contribution in [1.29, 1.82) is 0 Å². The van der Waals surface area contributed by atoms with Gasteiger partial charge in [0.05, 0.1) is 6.04 Å². The van der Waals surface area contributed by atoms with Crippen LogP contribution in [-0.4, -0.2) is 17.5 Å². The molecule has 4 nitrogen and oxygen atoms in total. The van der Waals surface area contributed by atoms with Crippen molar-refractivity contribution in [3.63, 3.8) is 0 Å². The number of alkyl carbamates (subject to hydrolysis) is 1. The lowest BCUT2D eigenvalue weighted by molar-refractivity contribution is -0.117. The maximum atomic E-state index is 12.0. The lowest BCUT2D eigenvalue weighted by Crippen LogP contribution is -2.35. The van der Waals surface area contributed by atoms with E-state index in [1.165, 1.54) is 6.92 Å². The average Bonchev–Trinajstić information content (AvgIpc) is 2.43. The highest BCUT2D eigenvalue weighted by molar-refractivity contribution is 5.84. The highest BCUT2D eigenvalue weighted by Crippen LogP contribution is 2.23. The van der Waals surface area contributed by atoms with Crippen molar-refractivity contribution in [2.75, 3.05) is 0 Å². The minimum Gasteiger partial charge on any atom is -0.444 e. The quantitative estimate of drug-likeness (QED) is 0.911. The normalized spacial score (nSPS) is 12.7. The van der Waals surface area contributed by atoms with E-state index >= 15 is 0 Å². The first-order valence-corrected chi connectivity index (χ1v) is 7.72. The minimum atomic E-state index is -0.575. The van der Waals surface area contributed by atoms with Crippen LogP contribution in [0.2, 0.25) is 0 Å². The molecule has 0 aliphatic heterocycles. The Morgan fingerprint density at radius 1 is 1.09 bits per heavy atom. The maximum absolute atomic E-state index is 12.0. The molecule has 23 heavy (non-hydrogen) atoms. The molecule has 2 aromatic carbocycles. The van der Waals surface area contributed by atoms with Gasteiger partial charge in [-0.05, 0) is 50.1 Å². The number of ether oxygens (including phenoxy) is 1. The molecule has 0 unspecified atom stereocenters. The Bertz CT molecular complexity index is 716. The zero-order valence-electron chi connectivity index (χ0n) is 14.1. The van der Waals surface area contributed by atoms with E-state index in [1.54, 1.807) is 0 Å². The average molecular weight is 313 g/mol. The standard InChI is InChI=1S/C19H23NO3/c1-13(21)11-17(20-18(22)23-19(2,3)4)16-10-9-14-7-5-6-8-15(14)12-16/h5-10,12,17H,11H2,1-4H3,(H,20,22)/t17-/m0/s1. The molecule has 1 amide bonds. The summed E-state index contributed by atoms with van der Waals surface area (Å²) in [7, 11) is 0. The summed E-state index contributed by atoms with van der Waals surface area (Å²) in [5.74, 6) is 0.0132. The number of nitrogens with one attached hydrogen (secondary N) is 1. The number of Topliss-reactive ketones (excluding diaryl/α,β-unsaturated/α-hetero) is 1. The fourth-order valence-corrected chi connectivity index (χ4v) is 2.41. The Kier molecular flexibility index (Phi) is 5.04. The second-order valence-electron chi connectivity index (χ2n) is 6.71. The monoisotopic (exact) mass is 313 g/mol. The van der Waals surface area contributed by atoms with Crippen LogP contribution >= 0.6 is 0 Å². The first-order valence-electron chi connectivity index (χ1n) is 7.72. The van der Waals surface area contributed by atoms with E-state index < -0.39 is 17.7 Å². The van der Waals surface area contributed by atoms with Gasteiger partial charge in [-0.3, -0.25) is 4.79 Å². The minimum absolute atomic E-state index is 0.0132. The first-order chi connectivity index (χ1) is 10.7. The van der Waals surface area contributed by atoms with Gasteiger partial charge in [0.15, 0.2) is 0 Å². The van der Waals surface area contributed by atoms with Crippen LogP contribution in [0.5, 0.6) is 0 Å². The van der Waals surface area contributed by atoms with Gasteiger partial charge in [0.1, 0.15) is 11.4 Å². The van der Waals surface area contributed by atoms with Crippen LogP contribution in [0, 0.1) is 0 Å². The Balaban J connectivity index is 2.25. The van der Waals surface area contributed by atoms with Crippen LogP contribution in [0.15, 0.2) is 42.5 Å². The van der Waals surface area contributed by atoms with Crippen molar-refractivity contribution in [2.45, 2.75) is 45.8 Å². The molecule has 0 saturated carbocycles. The van der Waals surface area contributed by atoms with E-state index in [9.17, 15) is 9.59 Å². The molecule has 2 aromatic rings. The van der Waals surface area contributed by atoms with Crippen molar-refractivity contribution < 1.29 is 14.3 Å². The van der Waals surface area contributed by atoms with Gasteiger partial charge in [-0.25, -0.2) is 4.79 Å². The second-order valence-corrected chi connectivity index (χ2v) is 6.71. The van der Waals surface area contributed by atoms with Gasteiger partial charge in [-0.15, -0.1) is 0 Å². The van der Waals surface area contributed by atoms with Crippen LogP contribution in [0.4, 0.5) is 4.79 Å². The summed E-state index contributed by atoms with van der Waals surface area (Å²) in [4.78, 5) is 23.6. The van der Waals surface area contributed by atoms with Crippen molar-refractivity contribution in [2.24, 2.45) is 0 Å². The van der Waals surface area contributed by atoms with Crippen molar-refractivity contribution in [3.05, 3.63) is 48.0 Å². The van der Waals surface area contributed by atoms with E-state index in [1.807, 2.05) is 63.2 Å². The number of carbonyl (C=O) groups is 2. The number of benzene rings is 2. The molecular formula is C19H23NO3. The van der Waals surface area contributed by atoms with Gasteiger partial charge in [-0.2, -0.15) is 0 Å². The second kappa shape index (κ2) is 6.82. The maximum Gasteiger partial charge on any atom is 0.408 e. The lowest BCUT2D eigenvalue weighted by Gasteiger charge is -2.23. The molecule has 0 radical (unpaired) electrons. The molecule has 0 spiro atoms. The fourth-order valence-electron chi connectivity index (χ4n) is 2.41. The molecule has 0 heterocycles. The number of rotatable bonds is 4. The molecule has 0 saturated heterocycles. The van der Waals surface area contributed by atoms with Gasteiger partial charge in [0, 0.05) is 6.42 Å². The molecule has 0 fully saturated rings. The van der Waals surface area contributed by atoms with Gasteiger partial charge < -0.3 is 10.1 Å². The van der Waals surface area contributed by atoms with E-state index in [0.29, 0.717) is 0 Å². The summed E-state index contributed by atoms with van der Waals surface area (Å²) in [5, 5.41) is 5.00. The van der Waals surface area contributed by atoms with Crippen LogP contribution in [0.1, 0.15) is 45.7 Å². The van der Waals surface area contributed by atoms with Crippen molar-refractivity contribution >= 4 is 22.6 Å². The summed E-state index contributed by atoms with van der Waals surface area (Å²) in [6.07, 6.45) is -0.283. The number of carbonyl (C=O) groups excluding carboxylic acids is 2. The summed E-state index contributed by atoms with van der Waals surface area (Å²) in [5.41, 5.74) is 0.318. The molecule has 0 aromatic heterocycles. The molecule has 1 atom stereocenters. The van der Waals surface area contributed by atoms with Gasteiger partial charge >= 0.3 is 6.09 Å². The number of fused-ring (bicyclic) bond motifs is 1. The summed E-state index contributed by atoms with van der Waals surface area (Å²) in [6, 6.07) is 13.5. The van der Waals surface area contributed by atoms with Crippen LogP contribution < -0.4 is 5.32 Å². The van der Waals surface area contributed by atoms with Crippen molar-refractivity contribution in [3.8, 4) is 0 Å². The predicted molar refractivity (Wildman–Crippen MR) is 91.4 cm³/mol. The highest BCUT2D eigenvalue weighted by atomic mass is 16.6. The third-order valence-electron chi connectivity index (χ3n) is 3.36. The van der Waals surface area contributed by atoms with Crippen LogP contribution in [0.25, 0.3) is 10.8 Å². The number of amides is 1. The van der Waals surface area contributed by atoms with E-state index in [0.717, 1.165) is 16.3 Å². The topological polar surface area (TPSA) is 55.4 Å². The lowest BCUT2D eigenvalue weighted by atomic mass is 9.98. The molecule has 1 N–H and O–H groups in total. The molecule has 0 aliphatic carbocycles. The van der Waals surface area contributed by atoms with E-state index in [4.69, 9.17) is 4.74 Å². The summed E-state index contributed by atoms with van der Waals surface area (Å²) < 4.78 is 5.30. The number of hydrogen-bond acceptors (Lipinski definition) is 3. The predicted octanol–water partition coefficient (Wildman–Crippen LogP) is 4.38. The molecule has 0 aliphatic rings. The smallest absolute Gasteiger partial charge is 0.408 e. The molecule has 122 valence electrons. The fraction of sp³-hybridized carbons (Fsp3) is 0.368. The molecule has 4 heteroatoms. The van der Waals surface area contributed by atoms with Crippen LogP contribution in [-0.2, 0) is 9.53 Å². The third kappa shape index (κ3) is 5.09. The van der Waals surface area contributed by atoms with Gasteiger partial charge in [0.2, 0.25) is 0 Å².